The molecule has 0 aromatic carbocycles. The Labute approximate surface area is 114 Å². The van der Waals surface area contributed by atoms with E-state index in [-0.39, 0.29) is 0 Å². The van der Waals surface area contributed by atoms with Gasteiger partial charge in [0.2, 0.25) is 0 Å². The zero-order valence-electron chi connectivity index (χ0n) is 11.8. The molecule has 0 bridgehead atoms. The van der Waals surface area contributed by atoms with Crippen LogP contribution in [-0.4, -0.2) is 19.3 Å². The van der Waals surface area contributed by atoms with Crippen molar-refractivity contribution in [2.45, 2.75) is 58.5 Å². The topological polar surface area (TPSA) is 35.6 Å². The fourth-order valence-electron chi connectivity index (χ4n) is 2.74. The summed E-state index contributed by atoms with van der Waals surface area (Å²) in [6.07, 6.45) is 10.1. The molecule has 1 aliphatic rings. The van der Waals surface area contributed by atoms with E-state index in [1.165, 1.54) is 30.7 Å². The van der Waals surface area contributed by atoms with Crippen molar-refractivity contribution in [2.75, 3.05) is 0 Å². The van der Waals surface area contributed by atoms with Gasteiger partial charge in [-0.25, -0.2) is 4.98 Å². The summed E-state index contributed by atoms with van der Waals surface area (Å²) in [5.41, 5.74) is 3.85. The first-order valence-corrected chi connectivity index (χ1v) is 7.35. The monoisotopic (exact) mass is 258 g/mol. The van der Waals surface area contributed by atoms with E-state index in [0.717, 1.165) is 25.1 Å². The number of aryl methyl sites for hydroxylation is 1. The molecule has 0 saturated heterocycles. The minimum absolute atomic E-state index is 0.477. The van der Waals surface area contributed by atoms with Crippen molar-refractivity contribution in [3.63, 3.8) is 0 Å². The summed E-state index contributed by atoms with van der Waals surface area (Å²) in [5.74, 6) is 0. The molecule has 2 aromatic rings. The Morgan fingerprint density at radius 2 is 2.16 bits per heavy atom. The van der Waals surface area contributed by atoms with Gasteiger partial charge in [-0.3, -0.25) is 4.68 Å². The van der Waals surface area contributed by atoms with Crippen molar-refractivity contribution < 1.29 is 0 Å². The van der Waals surface area contributed by atoms with Crippen molar-refractivity contribution in [2.24, 2.45) is 0 Å². The summed E-state index contributed by atoms with van der Waals surface area (Å²) < 4.78 is 4.34. The van der Waals surface area contributed by atoms with Gasteiger partial charge < -0.3 is 4.57 Å². The third-order valence-electron chi connectivity index (χ3n) is 4.15. The summed E-state index contributed by atoms with van der Waals surface area (Å²) in [5, 5.41) is 4.67. The number of aromatic nitrogens is 4. The second-order valence-corrected chi connectivity index (χ2v) is 5.52. The average molecular weight is 258 g/mol. The lowest BCUT2D eigenvalue weighted by molar-refractivity contribution is 0.471. The van der Waals surface area contributed by atoms with Crippen molar-refractivity contribution in [1.29, 1.82) is 0 Å². The van der Waals surface area contributed by atoms with Crippen molar-refractivity contribution in [1.82, 2.24) is 19.3 Å². The highest BCUT2D eigenvalue weighted by molar-refractivity contribution is 5.17. The largest absolute Gasteiger partial charge is 0.328 e. The summed E-state index contributed by atoms with van der Waals surface area (Å²) in [7, 11) is 0. The van der Waals surface area contributed by atoms with E-state index in [4.69, 9.17) is 0 Å². The molecule has 0 radical (unpaired) electrons. The van der Waals surface area contributed by atoms with Crippen LogP contribution in [0.4, 0.5) is 0 Å². The lowest BCUT2D eigenvalue weighted by Gasteiger charge is -2.13. The third-order valence-corrected chi connectivity index (χ3v) is 4.15. The zero-order valence-corrected chi connectivity index (χ0v) is 11.8. The highest BCUT2D eigenvalue weighted by atomic mass is 15.3. The predicted molar refractivity (Wildman–Crippen MR) is 75.2 cm³/mol. The number of imidazole rings is 1. The molecule has 19 heavy (non-hydrogen) atoms. The van der Waals surface area contributed by atoms with E-state index in [9.17, 15) is 0 Å². The lowest BCUT2D eigenvalue weighted by atomic mass is 10.0. The van der Waals surface area contributed by atoms with Crippen molar-refractivity contribution >= 4 is 0 Å². The third kappa shape index (κ3) is 2.44. The molecule has 0 saturated carbocycles. The van der Waals surface area contributed by atoms with Crippen LogP contribution in [0.5, 0.6) is 0 Å². The molecule has 0 amide bonds. The molecule has 3 rings (SSSR count). The molecule has 2 heterocycles. The van der Waals surface area contributed by atoms with Crippen LogP contribution in [0.15, 0.2) is 18.6 Å². The smallest absolute Gasteiger partial charge is 0.0955 e. The number of nitrogens with zero attached hydrogens (tertiary/aromatic N) is 4. The Hall–Kier alpha value is -1.58. The normalized spacial score (nSPS) is 16.3. The summed E-state index contributed by atoms with van der Waals surface area (Å²) in [6, 6.07) is 2.60. The van der Waals surface area contributed by atoms with Crippen LogP contribution < -0.4 is 0 Å². The first kappa shape index (κ1) is 12.5. The summed E-state index contributed by atoms with van der Waals surface area (Å²) in [4.78, 5) is 4.54. The molecule has 0 fully saturated rings. The van der Waals surface area contributed by atoms with Gasteiger partial charge >= 0.3 is 0 Å². The molecule has 4 heteroatoms. The Kier molecular flexibility index (Phi) is 3.40. The second-order valence-electron chi connectivity index (χ2n) is 5.52. The first-order valence-electron chi connectivity index (χ1n) is 7.35. The van der Waals surface area contributed by atoms with E-state index in [2.05, 4.69) is 45.4 Å². The Morgan fingerprint density at radius 3 is 3.00 bits per heavy atom. The van der Waals surface area contributed by atoms with Gasteiger partial charge in [0, 0.05) is 17.9 Å². The molecule has 0 aliphatic heterocycles. The minimum Gasteiger partial charge on any atom is -0.328 e. The maximum Gasteiger partial charge on any atom is 0.0955 e. The molecule has 2 aromatic heterocycles. The van der Waals surface area contributed by atoms with Crippen LogP contribution in [-0.2, 0) is 19.4 Å². The molecule has 1 aliphatic carbocycles. The maximum absolute atomic E-state index is 4.67. The van der Waals surface area contributed by atoms with E-state index in [1.54, 1.807) is 0 Å². The van der Waals surface area contributed by atoms with Crippen molar-refractivity contribution in [3.8, 4) is 0 Å². The van der Waals surface area contributed by atoms with Gasteiger partial charge in [-0.15, -0.1) is 0 Å². The Morgan fingerprint density at radius 1 is 1.32 bits per heavy atom. The molecular formula is C15H22N4. The quantitative estimate of drug-likeness (QED) is 0.845. The van der Waals surface area contributed by atoms with E-state index >= 15 is 0 Å². The summed E-state index contributed by atoms with van der Waals surface area (Å²) in [6.45, 7) is 5.25. The van der Waals surface area contributed by atoms with Crippen molar-refractivity contribution in [3.05, 3.63) is 35.7 Å². The zero-order chi connectivity index (χ0) is 13.2. The van der Waals surface area contributed by atoms with Gasteiger partial charge in [-0.1, -0.05) is 6.92 Å². The molecule has 1 atom stereocenters. The summed E-state index contributed by atoms with van der Waals surface area (Å²) >= 11 is 0. The average Bonchev–Trinajstić information content (AvgIpc) is 3.06. The fourth-order valence-corrected chi connectivity index (χ4v) is 2.74. The minimum atomic E-state index is 0.477. The molecule has 4 nitrogen and oxygen atoms in total. The van der Waals surface area contributed by atoms with Gasteiger partial charge in [0.1, 0.15) is 0 Å². The molecule has 1 unspecified atom stereocenters. The standard InChI is InChI=1S/C15H22N4/c1-3-12(2)19-9-8-13(17-19)10-18-11-16-14-6-4-5-7-15(14)18/h8-9,11-12H,3-7,10H2,1-2H3. The molecule has 102 valence electrons. The van der Waals surface area contributed by atoms with E-state index < -0.39 is 0 Å². The lowest BCUT2D eigenvalue weighted by Crippen LogP contribution is -2.10. The SMILES string of the molecule is CCC(C)n1ccc(Cn2cnc3c2CCCC3)n1. The highest BCUT2D eigenvalue weighted by Crippen LogP contribution is 2.20. The van der Waals surface area contributed by atoms with Gasteiger partial charge in [0.15, 0.2) is 0 Å². The van der Waals surface area contributed by atoms with Gasteiger partial charge in [0.25, 0.3) is 0 Å². The van der Waals surface area contributed by atoms with Crippen LogP contribution in [0.1, 0.15) is 56.2 Å². The fraction of sp³-hybridized carbons (Fsp3) is 0.600. The highest BCUT2D eigenvalue weighted by Gasteiger charge is 2.15. The number of rotatable bonds is 4. The number of hydrogen-bond acceptors (Lipinski definition) is 2. The second kappa shape index (κ2) is 5.19. The molecule has 0 spiro atoms. The van der Waals surface area contributed by atoms with Gasteiger partial charge in [-0.2, -0.15) is 5.10 Å². The van der Waals surface area contributed by atoms with Gasteiger partial charge in [0.05, 0.1) is 24.3 Å². The molecule has 0 N–H and O–H groups in total. The van der Waals surface area contributed by atoms with E-state index in [1.807, 2.05) is 6.33 Å². The van der Waals surface area contributed by atoms with Crippen LogP contribution in [0.3, 0.4) is 0 Å². The van der Waals surface area contributed by atoms with Crippen LogP contribution in [0.2, 0.25) is 0 Å². The van der Waals surface area contributed by atoms with Crippen LogP contribution >= 0.6 is 0 Å². The first-order chi connectivity index (χ1) is 9.28. The van der Waals surface area contributed by atoms with Gasteiger partial charge in [-0.05, 0) is 45.1 Å². The Bertz CT molecular complexity index is 552. The van der Waals surface area contributed by atoms with Crippen LogP contribution in [0.25, 0.3) is 0 Å². The van der Waals surface area contributed by atoms with Crippen LogP contribution in [0, 0.1) is 0 Å². The number of fused-ring (bicyclic) bond motifs is 1. The molecular weight excluding hydrogens is 236 g/mol. The predicted octanol–water partition coefficient (Wildman–Crippen LogP) is 2.98. The van der Waals surface area contributed by atoms with E-state index in [0.29, 0.717) is 6.04 Å². The Balaban J connectivity index is 1.78. The number of hydrogen-bond donors (Lipinski definition) is 0. The maximum atomic E-state index is 4.67.